The molecule has 5 heteroatoms. The van der Waals surface area contributed by atoms with Crippen LogP contribution in [-0.2, 0) is 14.3 Å². The van der Waals surface area contributed by atoms with Gasteiger partial charge in [-0.05, 0) is 97.9 Å². The predicted octanol–water partition coefficient (Wildman–Crippen LogP) is 5.75. The van der Waals surface area contributed by atoms with E-state index < -0.39 is 10.8 Å². The lowest BCUT2D eigenvalue weighted by molar-refractivity contribution is -0.182. The second-order valence-corrected chi connectivity index (χ2v) is 15.0. The lowest BCUT2D eigenvalue weighted by Gasteiger charge is -2.69. The number of fused-ring (bicyclic) bond motifs is 6. The van der Waals surface area contributed by atoms with Gasteiger partial charge in [0.1, 0.15) is 12.4 Å². The highest BCUT2D eigenvalue weighted by molar-refractivity contribution is 5.95. The first kappa shape index (κ1) is 27.1. The van der Waals surface area contributed by atoms with Gasteiger partial charge in [-0.25, -0.2) is 0 Å². The molecular formula is C32H49NO4. The Hall–Kier alpha value is -1.46. The van der Waals surface area contributed by atoms with Crippen LogP contribution in [-0.4, -0.2) is 36.1 Å². The number of hydrogen-bond acceptors (Lipinski definition) is 5. The largest absolute Gasteiger partial charge is 0.464 e. The monoisotopic (exact) mass is 511 g/mol. The van der Waals surface area contributed by atoms with E-state index in [1.807, 2.05) is 6.92 Å². The fraction of sp³-hybridized carbons (Fsp3) is 0.812. The highest BCUT2D eigenvalue weighted by atomic mass is 16.5. The highest BCUT2D eigenvalue weighted by Crippen LogP contribution is 2.73. The zero-order valence-electron chi connectivity index (χ0n) is 24.2. The summed E-state index contributed by atoms with van der Waals surface area (Å²) in [7, 11) is 0. The summed E-state index contributed by atoms with van der Waals surface area (Å²) in [5.41, 5.74) is 6.77. The number of allylic oxidation sites excluding steroid dienone is 4. The molecule has 3 fully saturated rings. The molecule has 3 saturated carbocycles. The Balaban J connectivity index is 1.62. The van der Waals surface area contributed by atoms with Gasteiger partial charge in [-0.3, -0.25) is 9.59 Å². The van der Waals surface area contributed by atoms with Crippen molar-refractivity contribution in [2.75, 3.05) is 13.2 Å². The van der Waals surface area contributed by atoms with E-state index in [1.54, 1.807) is 0 Å². The van der Waals surface area contributed by atoms with E-state index >= 15 is 0 Å². The number of aliphatic hydroxyl groups is 1. The third-order valence-electron chi connectivity index (χ3n) is 12.9. The van der Waals surface area contributed by atoms with Gasteiger partial charge in [0.2, 0.25) is 0 Å². The molecule has 5 rings (SSSR count). The standard InChI is InChI=1S/C32H49NO4/c1-27(2)22-10-13-32(7)23(30(22,5)12-11-24(27)34)9-8-20-21-18-28(3,26(36)37-17-16-33)19-25(35)29(21,4)14-15-31(20,32)6/h8-9,22-24,34H,10-19,33H2,1-7H3/t22-,23+,24-,28-,29+,30-,31-,32+/m0/s1. The molecular weight excluding hydrogens is 462 g/mol. The first-order valence-electron chi connectivity index (χ1n) is 14.6. The van der Waals surface area contributed by atoms with Crippen LogP contribution in [0.3, 0.4) is 0 Å². The third-order valence-corrected chi connectivity index (χ3v) is 12.9. The van der Waals surface area contributed by atoms with Crippen LogP contribution in [0.2, 0.25) is 0 Å². The van der Waals surface area contributed by atoms with Crippen molar-refractivity contribution in [1.82, 2.24) is 0 Å². The lowest BCUT2D eigenvalue weighted by Crippen LogP contribution is -2.63. The van der Waals surface area contributed by atoms with E-state index in [0.717, 1.165) is 38.5 Å². The van der Waals surface area contributed by atoms with Gasteiger partial charge in [0.15, 0.2) is 0 Å². The second kappa shape index (κ2) is 8.27. The number of ketones is 1. The number of carbonyl (C=O) groups excluding carboxylic acids is 2. The molecule has 0 radical (unpaired) electrons. The average Bonchev–Trinajstić information content (AvgIpc) is 2.82. The maximum absolute atomic E-state index is 13.7. The molecule has 8 atom stereocenters. The zero-order valence-corrected chi connectivity index (χ0v) is 24.2. The van der Waals surface area contributed by atoms with E-state index in [4.69, 9.17) is 10.5 Å². The fourth-order valence-electron chi connectivity index (χ4n) is 10.1. The zero-order chi connectivity index (χ0) is 27.2. The quantitative estimate of drug-likeness (QED) is 0.471. The van der Waals surface area contributed by atoms with Crippen LogP contribution in [0, 0.1) is 44.3 Å². The summed E-state index contributed by atoms with van der Waals surface area (Å²) in [6, 6.07) is 0. The van der Waals surface area contributed by atoms with Crippen molar-refractivity contribution in [3.05, 3.63) is 23.3 Å². The molecule has 0 bridgehead atoms. The van der Waals surface area contributed by atoms with Gasteiger partial charge in [-0.2, -0.15) is 0 Å². The smallest absolute Gasteiger partial charge is 0.312 e. The number of ether oxygens (including phenoxy) is 1. The number of rotatable bonds is 3. The minimum Gasteiger partial charge on any atom is -0.464 e. The number of nitrogens with two attached hydrogens (primary N) is 1. The summed E-state index contributed by atoms with van der Waals surface area (Å²) in [5.74, 6) is 0.780. The van der Waals surface area contributed by atoms with E-state index in [-0.39, 0.29) is 59.1 Å². The van der Waals surface area contributed by atoms with Crippen molar-refractivity contribution in [1.29, 1.82) is 0 Å². The van der Waals surface area contributed by atoms with E-state index in [2.05, 4.69) is 53.7 Å². The van der Waals surface area contributed by atoms with E-state index in [9.17, 15) is 14.7 Å². The minimum atomic E-state index is -0.842. The van der Waals surface area contributed by atoms with Crippen molar-refractivity contribution < 1.29 is 19.4 Å². The molecule has 0 aromatic heterocycles. The summed E-state index contributed by atoms with van der Waals surface area (Å²) < 4.78 is 5.48. The predicted molar refractivity (Wildman–Crippen MR) is 145 cm³/mol. The second-order valence-electron chi connectivity index (χ2n) is 15.0. The van der Waals surface area contributed by atoms with Gasteiger partial charge in [-0.1, -0.05) is 52.3 Å². The molecule has 5 aliphatic rings. The van der Waals surface area contributed by atoms with Gasteiger partial charge >= 0.3 is 5.97 Å². The fourth-order valence-corrected chi connectivity index (χ4v) is 10.1. The van der Waals surface area contributed by atoms with Crippen LogP contribution < -0.4 is 5.73 Å². The van der Waals surface area contributed by atoms with Crippen LogP contribution in [0.25, 0.3) is 0 Å². The molecule has 0 aliphatic heterocycles. The van der Waals surface area contributed by atoms with Crippen molar-refractivity contribution in [2.24, 2.45) is 50.1 Å². The van der Waals surface area contributed by atoms with Crippen molar-refractivity contribution >= 4 is 11.8 Å². The van der Waals surface area contributed by atoms with Crippen LogP contribution in [0.5, 0.6) is 0 Å². The van der Waals surface area contributed by atoms with Crippen LogP contribution >= 0.6 is 0 Å². The summed E-state index contributed by atoms with van der Waals surface area (Å²) in [6.07, 6.45) is 11.4. The Morgan fingerprint density at radius 3 is 2.41 bits per heavy atom. The Morgan fingerprint density at radius 1 is 1.03 bits per heavy atom. The van der Waals surface area contributed by atoms with Crippen molar-refractivity contribution in [2.45, 2.75) is 106 Å². The Labute approximate surface area is 223 Å². The Morgan fingerprint density at radius 2 is 1.73 bits per heavy atom. The molecule has 0 unspecified atom stereocenters. The third kappa shape index (κ3) is 3.41. The Kier molecular flexibility index (Phi) is 6.06. The topological polar surface area (TPSA) is 89.6 Å². The molecule has 5 aliphatic carbocycles. The van der Waals surface area contributed by atoms with Gasteiger partial charge in [0.25, 0.3) is 0 Å². The summed E-state index contributed by atoms with van der Waals surface area (Å²) in [4.78, 5) is 26.8. The number of carbonyl (C=O) groups is 2. The summed E-state index contributed by atoms with van der Waals surface area (Å²) >= 11 is 0. The van der Waals surface area contributed by atoms with Gasteiger partial charge in [0, 0.05) is 18.4 Å². The molecule has 206 valence electrons. The Bertz CT molecular complexity index is 1070. The molecule has 0 saturated heterocycles. The molecule has 0 amide bonds. The van der Waals surface area contributed by atoms with Crippen molar-refractivity contribution in [3.63, 3.8) is 0 Å². The normalized spacial score (nSPS) is 48.5. The molecule has 3 N–H and O–H groups in total. The number of esters is 1. The maximum atomic E-state index is 13.7. The molecule has 5 nitrogen and oxygen atoms in total. The molecule has 0 spiro atoms. The van der Waals surface area contributed by atoms with Crippen molar-refractivity contribution in [3.8, 4) is 0 Å². The molecule has 37 heavy (non-hydrogen) atoms. The van der Waals surface area contributed by atoms with Gasteiger partial charge in [-0.15, -0.1) is 0 Å². The number of Topliss-reactive ketones (excluding diaryl/α,β-unsaturated/α-hetero) is 1. The average molecular weight is 512 g/mol. The minimum absolute atomic E-state index is 0.0604. The highest BCUT2D eigenvalue weighted by Gasteiger charge is 2.67. The van der Waals surface area contributed by atoms with Gasteiger partial charge < -0.3 is 15.6 Å². The lowest BCUT2D eigenvalue weighted by atomic mass is 9.35. The molecule has 0 aromatic rings. The van der Waals surface area contributed by atoms with Crippen LogP contribution in [0.4, 0.5) is 0 Å². The summed E-state index contributed by atoms with van der Waals surface area (Å²) in [6.45, 7) is 16.5. The first-order valence-corrected chi connectivity index (χ1v) is 14.6. The first-order chi connectivity index (χ1) is 17.1. The number of hydrogen-bond donors (Lipinski definition) is 2. The summed E-state index contributed by atoms with van der Waals surface area (Å²) in [5, 5.41) is 10.9. The van der Waals surface area contributed by atoms with Crippen LogP contribution in [0.15, 0.2) is 23.3 Å². The van der Waals surface area contributed by atoms with Crippen LogP contribution in [0.1, 0.15) is 99.8 Å². The van der Waals surface area contributed by atoms with E-state index in [0.29, 0.717) is 18.3 Å². The molecule has 0 heterocycles. The van der Waals surface area contributed by atoms with E-state index in [1.165, 1.54) is 11.1 Å². The SMILES string of the molecule is CC1(C)[C@@H](O)CC[C@]2(C)[C@H]3C=CC4=C5C[C@](C)(C(=O)OCCN)CC(=O)[C@]5(C)CC[C@]4(C)[C@]3(C)CC[C@@H]12. The maximum Gasteiger partial charge on any atom is 0.312 e. The molecule has 0 aromatic carbocycles. The number of aliphatic hydroxyl groups excluding tert-OH is 1. The van der Waals surface area contributed by atoms with Gasteiger partial charge in [0.05, 0.1) is 11.5 Å².